The SMILES string of the molecule is CCCCCCCCCCCC[N+](C)(C)CCCCCCCCCCCO. The van der Waals surface area contributed by atoms with Crippen LogP contribution < -0.4 is 0 Å². The van der Waals surface area contributed by atoms with Gasteiger partial charge in [0.1, 0.15) is 0 Å². The Balaban J connectivity index is 3.31. The van der Waals surface area contributed by atoms with E-state index in [2.05, 4.69) is 21.0 Å². The molecule has 0 aliphatic rings. The van der Waals surface area contributed by atoms with Gasteiger partial charge in [0, 0.05) is 6.61 Å². The highest BCUT2D eigenvalue weighted by Crippen LogP contribution is 2.13. The number of hydrogen-bond acceptors (Lipinski definition) is 1. The lowest BCUT2D eigenvalue weighted by Crippen LogP contribution is -2.41. The van der Waals surface area contributed by atoms with Crippen molar-refractivity contribution in [1.82, 2.24) is 0 Å². The summed E-state index contributed by atoms with van der Waals surface area (Å²) in [4.78, 5) is 0. The molecular formula is C25H54NO+. The normalized spacial score (nSPS) is 12.0. The van der Waals surface area contributed by atoms with Gasteiger partial charge in [0.2, 0.25) is 0 Å². The van der Waals surface area contributed by atoms with Crippen LogP contribution >= 0.6 is 0 Å². The number of quaternary nitrogens is 1. The lowest BCUT2D eigenvalue weighted by atomic mass is 10.1. The lowest BCUT2D eigenvalue weighted by Gasteiger charge is -2.30. The van der Waals surface area contributed by atoms with Gasteiger partial charge < -0.3 is 9.59 Å². The first-order valence-electron chi connectivity index (χ1n) is 12.6. The average molecular weight is 385 g/mol. The zero-order valence-corrected chi connectivity index (χ0v) is 19.5. The first-order valence-corrected chi connectivity index (χ1v) is 12.6. The third kappa shape index (κ3) is 22.1. The zero-order chi connectivity index (χ0) is 20.1. The predicted octanol–water partition coefficient (Wildman–Crippen LogP) is 7.49. The summed E-state index contributed by atoms with van der Waals surface area (Å²) in [5, 5.41) is 8.77. The van der Waals surface area contributed by atoms with Crippen LogP contribution in [0.3, 0.4) is 0 Å². The minimum atomic E-state index is 0.368. The van der Waals surface area contributed by atoms with Gasteiger partial charge in [0.15, 0.2) is 0 Å². The molecule has 0 atom stereocenters. The molecule has 0 heterocycles. The summed E-state index contributed by atoms with van der Waals surface area (Å²) in [7, 11) is 4.85. The van der Waals surface area contributed by atoms with Crippen molar-refractivity contribution < 1.29 is 9.59 Å². The molecule has 0 amide bonds. The Morgan fingerprint density at radius 1 is 0.444 bits per heavy atom. The maximum Gasteiger partial charge on any atom is 0.0782 e. The maximum absolute atomic E-state index is 8.77. The molecule has 0 spiro atoms. The van der Waals surface area contributed by atoms with Crippen LogP contribution in [0.1, 0.15) is 129 Å². The van der Waals surface area contributed by atoms with E-state index in [4.69, 9.17) is 5.11 Å². The zero-order valence-electron chi connectivity index (χ0n) is 19.5. The van der Waals surface area contributed by atoms with Gasteiger partial charge in [-0.3, -0.25) is 0 Å². The van der Waals surface area contributed by atoms with Crippen LogP contribution in [0.25, 0.3) is 0 Å². The van der Waals surface area contributed by atoms with Crippen molar-refractivity contribution in [3.8, 4) is 0 Å². The smallest absolute Gasteiger partial charge is 0.0782 e. The molecule has 0 unspecified atom stereocenters. The van der Waals surface area contributed by atoms with Gasteiger partial charge in [-0.25, -0.2) is 0 Å². The highest BCUT2D eigenvalue weighted by atomic mass is 16.2. The first kappa shape index (κ1) is 26.9. The van der Waals surface area contributed by atoms with Gasteiger partial charge in [-0.1, -0.05) is 96.8 Å². The Hall–Kier alpha value is -0.0800. The van der Waals surface area contributed by atoms with E-state index in [1.807, 2.05) is 0 Å². The highest BCUT2D eigenvalue weighted by molar-refractivity contribution is 4.50. The summed E-state index contributed by atoms with van der Waals surface area (Å²) < 4.78 is 1.22. The van der Waals surface area contributed by atoms with Crippen molar-refractivity contribution in [3.05, 3.63) is 0 Å². The van der Waals surface area contributed by atoms with Crippen LogP contribution in [0.5, 0.6) is 0 Å². The van der Waals surface area contributed by atoms with E-state index in [-0.39, 0.29) is 0 Å². The Labute approximate surface area is 172 Å². The van der Waals surface area contributed by atoms with E-state index in [0.717, 1.165) is 6.42 Å². The predicted molar refractivity (Wildman–Crippen MR) is 122 cm³/mol. The van der Waals surface area contributed by atoms with Crippen LogP contribution in [0.4, 0.5) is 0 Å². The van der Waals surface area contributed by atoms with Gasteiger partial charge >= 0.3 is 0 Å². The fourth-order valence-electron chi connectivity index (χ4n) is 4.03. The average Bonchev–Trinajstić information content (AvgIpc) is 2.64. The van der Waals surface area contributed by atoms with Gasteiger partial charge in [0.25, 0.3) is 0 Å². The highest BCUT2D eigenvalue weighted by Gasteiger charge is 2.13. The summed E-state index contributed by atoms with van der Waals surface area (Å²) in [5.41, 5.74) is 0. The fourth-order valence-corrected chi connectivity index (χ4v) is 4.03. The van der Waals surface area contributed by atoms with Gasteiger partial charge in [0.05, 0.1) is 27.2 Å². The van der Waals surface area contributed by atoms with E-state index in [1.165, 1.54) is 133 Å². The van der Waals surface area contributed by atoms with E-state index >= 15 is 0 Å². The molecule has 0 fully saturated rings. The molecule has 0 saturated carbocycles. The number of rotatable bonds is 22. The van der Waals surface area contributed by atoms with Crippen LogP contribution in [-0.4, -0.2) is 43.4 Å². The number of unbranched alkanes of at least 4 members (excludes halogenated alkanes) is 17. The van der Waals surface area contributed by atoms with E-state index in [0.29, 0.717) is 6.61 Å². The molecule has 2 nitrogen and oxygen atoms in total. The molecule has 2 heteroatoms. The second kappa shape index (κ2) is 20.6. The molecule has 0 aromatic carbocycles. The largest absolute Gasteiger partial charge is 0.396 e. The van der Waals surface area contributed by atoms with Crippen molar-refractivity contribution in [3.63, 3.8) is 0 Å². The third-order valence-corrected chi connectivity index (χ3v) is 6.04. The third-order valence-electron chi connectivity index (χ3n) is 6.04. The van der Waals surface area contributed by atoms with Crippen LogP contribution in [0.2, 0.25) is 0 Å². The summed E-state index contributed by atoms with van der Waals surface area (Å²) in [5.74, 6) is 0. The Kier molecular flexibility index (Phi) is 20.6. The van der Waals surface area contributed by atoms with Gasteiger partial charge in [-0.15, -0.1) is 0 Å². The van der Waals surface area contributed by atoms with Crippen LogP contribution in [0, 0.1) is 0 Å². The summed E-state index contributed by atoms with van der Waals surface area (Å²) in [6, 6.07) is 0. The molecule has 0 rings (SSSR count). The monoisotopic (exact) mass is 384 g/mol. The number of nitrogens with zero attached hydrogens (tertiary/aromatic N) is 1. The molecular weight excluding hydrogens is 330 g/mol. The summed E-state index contributed by atoms with van der Waals surface area (Å²) >= 11 is 0. The lowest BCUT2D eigenvalue weighted by molar-refractivity contribution is -0.890. The number of aliphatic hydroxyl groups excluding tert-OH is 1. The second-order valence-electron chi connectivity index (χ2n) is 9.47. The molecule has 0 aliphatic carbocycles. The van der Waals surface area contributed by atoms with Crippen molar-refractivity contribution in [2.75, 3.05) is 33.8 Å². The molecule has 0 aromatic heterocycles. The molecule has 0 radical (unpaired) electrons. The number of aliphatic hydroxyl groups is 1. The van der Waals surface area contributed by atoms with Crippen LogP contribution in [0.15, 0.2) is 0 Å². The summed E-state index contributed by atoms with van der Waals surface area (Å²) in [6.07, 6.45) is 26.3. The van der Waals surface area contributed by atoms with Gasteiger partial charge in [-0.05, 0) is 32.1 Å². The number of hydrogen-bond donors (Lipinski definition) is 1. The van der Waals surface area contributed by atoms with Crippen molar-refractivity contribution in [1.29, 1.82) is 0 Å². The molecule has 164 valence electrons. The Morgan fingerprint density at radius 3 is 1.07 bits per heavy atom. The molecule has 0 aromatic rings. The Bertz CT molecular complexity index is 251. The molecule has 0 saturated heterocycles. The van der Waals surface area contributed by atoms with Gasteiger partial charge in [-0.2, -0.15) is 0 Å². The van der Waals surface area contributed by atoms with Crippen molar-refractivity contribution in [2.24, 2.45) is 0 Å². The summed E-state index contributed by atoms with van der Waals surface area (Å²) in [6.45, 7) is 5.38. The minimum absolute atomic E-state index is 0.368. The second-order valence-corrected chi connectivity index (χ2v) is 9.47. The Morgan fingerprint density at radius 2 is 0.741 bits per heavy atom. The van der Waals surface area contributed by atoms with Crippen molar-refractivity contribution in [2.45, 2.75) is 129 Å². The van der Waals surface area contributed by atoms with E-state index in [1.54, 1.807) is 0 Å². The van der Waals surface area contributed by atoms with Crippen molar-refractivity contribution >= 4 is 0 Å². The topological polar surface area (TPSA) is 20.2 Å². The molecule has 0 aliphatic heterocycles. The first-order chi connectivity index (χ1) is 13.1. The quantitative estimate of drug-likeness (QED) is 0.151. The molecule has 0 bridgehead atoms. The standard InChI is InChI=1S/C25H54NO/c1-4-5-6-7-8-9-11-14-17-20-23-26(2,3)24-21-18-15-12-10-13-16-19-22-25-27/h27H,4-25H2,1-3H3/q+1. The minimum Gasteiger partial charge on any atom is -0.396 e. The molecule has 1 N–H and O–H groups in total. The van der Waals surface area contributed by atoms with E-state index < -0.39 is 0 Å². The van der Waals surface area contributed by atoms with Crippen LogP contribution in [-0.2, 0) is 0 Å². The fraction of sp³-hybridized carbons (Fsp3) is 1.00. The van der Waals surface area contributed by atoms with E-state index in [9.17, 15) is 0 Å². The molecule has 27 heavy (non-hydrogen) atoms. The maximum atomic E-state index is 8.77.